The first kappa shape index (κ1) is 13.1. The highest BCUT2D eigenvalue weighted by molar-refractivity contribution is 5.86. The molecule has 0 aliphatic heterocycles. The molecule has 100 valence electrons. The maximum Gasteiger partial charge on any atom is 0.340 e. The number of ether oxygens (including phenoxy) is 2. The minimum absolute atomic E-state index is 0.0534. The SMILES string of the molecule is COc1cc(OC)c2oc(=O)c(CC(C)=O)cc2c1. The maximum absolute atomic E-state index is 11.8. The summed E-state index contributed by atoms with van der Waals surface area (Å²) in [4.78, 5) is 22.9. The Bertz CT molecular complexity index is 684. The summed E-state index contributed by atoms with van der Waals surface area (Å²) in [5.74, 6) is 0.911. The van der Waals surface area contributed by atoms with Gasteiger partial charge >= 0.3 is 5.63 Å². The fourth-order valence-electron chi connectivity index (χ4n) is 1.88. The molecule has 0 bridgehead atoms. The smallest absolute Gasteiger partial charge is 0.340 e. The van der Waals surface area contributed by atoms with E-state index in [4.69, 9.17) is 13.9 Å². The Morgan fingerprint density at radius 1 is 1.21 bits per heavy atom. The molecule has 1 aromatic heterocycles. The first-order valence-corrected chi connectivity index (χ1v) is 5.73. The van der Waals surface area contributed by atoms with E-state index in [0.29, 0.717) is 28.0 Å². The van der Waals surface area contributed by atoms with Crippen molar-refractivity contribution in [3.05, 3.63) is 34.2 Å². The highest BCUT2D eigenvalue weighted by Gasteiger charge is 2.12. The molecule has 2 rings (SSSR count). The number of hydrogen-bond acceptors (Lipinski definition) is 5. The number of hydrogen-bond donors (Lipinski definition) is 0. The Labute approximate surface area is 109 Å². The Hall–Kier alpha value is -2.30. The zero-order chi connectivity index (χ0) is 14.0. The summed E-state index contributed by atoms with van der Waals surface area (Å²) in [6, 6.07) is 4.99. The van der Waals surface area contributed by atoms with Crippen molar-refractivity contribution in [3.63, 3.8) is 0 Å². The third-order valence-electron chi connectivity index (χ3n) is 2.74. The van der Waals surface area contributed by atoms with E-state index in [2.05, 4.69) is 0 Å². The van der Waals surface area contributed by atoms with Crippen molar-refractivity contribution < 1.29 is 18.7 Å². The second-order valence-corrected chi connectivity index (χ2v) is 4.19. The summed E-state index contributed by atoms with van der Waals surface area (Å²) in [5.41, 5.74) is 0.155. The van der Waals surface area contributed by atoms with E-state index in [1.165, 1.54) is 21.1 Å². The molecule has 1 aromatic carbocycles. The number of methoxy groups -OCH3 is 2. The Balaban J connectivity index is 2.70. The fourth-order valence-corrected chi connectivity index (χ4v) is 1.88. The van der Waals surface area contributed by atoms with Crippen LogP contribution in [0.15, 0.2) is 27.4 Å². The number of rotatable bonds is 4. The molecule has 0 atom stereocenters. The van der Waals surface area contributed by atoms with Gasteiger partial charge in [0.25, 0.3) is 0 Å². The maximum atomic E-state index is 11.8. The van der Waals surface area contributed by atoms with Gasteiger partial charge in [0, 0.05) is 23.4 Å². The molecule has 5 nitrogen and oxygen atoms in total. The van der Waals surface area contributed by atoms with Crippen LogP contribution in [-0.4, -0.2) is 20.0 Å². The number of Topliss-reactive ketones (excluding diaryl/α,β-unsaturated/α-hetero) is 1. The molecule has 0 N–H and O–H groups in total. The van der Waals surface area contributed by atoms with Crippen molar-refractivity contribution >= 4 is 16.8 Å². The third-order valence-corrected chi connectivity index (χ3v) is 2.74. The van der Waals surface area contributed by atoms with Crippen molar-refractivity contribution in [2.45, 2.75) is 13.3 Å². The predicted octanol–water partition coefficient (Wildman–Crippen LogP) is 1.94. The van der Waals surface area contributed by atoms with E-state index < -0.39 is 5.63 Å². The van der Waals surface area contributed by atoms with Gasteiger partial charge in [-0.15, -0.1) is 0 Å². The zero-order valence-electron chi connectivity index (χ0n) is 11.0. The second-order valence-electron chi connectivity index (χ2n) is 4.19. The number of carbonyl (C=O) groups excluding carboxylic acids is 1. The van der Waals surface area contributed by atoms with E-state index in [1.54, 1.807) is 18.2 Å². The highest BCUT2D eigenvalue weighted by Crippen LogP contribution is 2.30. The normalized spacial score (nSPS) is 10.5. The number of fused-ring (bicyclic) bond motifs is 1. The summed E-state index contributed by atoms with van der Waals surface area (Å²) in [6.07, 6.45) is 0.0534. The molecule has 0 saturated carbocycles. The summed E-state index contributed by atoms with van der Waals surface area (Å²) in [7, 11) is 3.02. The van der Waals surface area contributed by atoms with Crippen LogP contribution in [0.2, 0.25) is 0 Å². The topological polar surface area (TPSA) is 65.7 Å². The third kappa shape index (κ3) is 2.59. The monoisotopic (exact) mass is 262 g/mol. The van der Waals surface area contributed by atoms with Crippen LogP contribution in [0, 0.1) is 0 Å². The van der Waals surface area contributed by atoms with Crippen LogP contribution in [0.1, 0.15) is 12.5 Å². The molecule has 19 heavy (non-hydrogen) atoms. The van der Waals surface area contributed by atoms with E-state index in [-0.39, 0.29) is 12.2 Å². The summed E-state index contributed by atoms with van der Waals surface area (Å²) in [5, 5.41) is 0.659. The Kier molecular flexibility index (Phi) is 3.55. The van der Waals surface area contributed by atoms with Gasteiger partial charge in [-0.2, -0.15) is 0 Å². The average molecular weight is 262 g/mol. The first-order valence-electron chi connectivity index (χ1n) is 5.73. The van der Waals surface area contributed by atoms with Gasteiger partial charge in [0.15, 0.2) is 11.3 Å². The molecule has 0 aliphatic rings. The molecule has 0 amide bonds. The van der Waals surface area contributed by atoms with Gasteiger partial charge in [-0.3, -0.25) is 4.79 Å². The Morgan fingerprint density at radius 3 is 2.53 bits per heavy atom. The van der Waals surface area contributed by atoms with Gasteiger partial charge in [0.1, 0.15) is 11.5 Å². The van der Waals surface area contributed by atoms with Crippen molar-refractivity contribution in [2.24, 2.45) is 0 Å². The van der Waals surface area contributed by atoms with Crippen LogP contribution in [0.3, 0.4) is 0 Å². The molecule has 1 heterocycles. The molecular formula is C14H14O5. The lowest BCUT2D eigenvalue weighted by molar-refractivity contribution is -0.116. The molecule has 0 saturated heterocycles. The Morgan fingerprint density at radius 2 is 1.95 bits per heavy atom. The molecule has 0 spiro atoms. The molecule has 2 aromatic rings. The van der Waals surface area contributed by atoms with E-state index in [1.807, 2.05) is 0 Å². The molecule has 0 unspecified atom stereocenters. The van der Waals surface area contributed by atoms with Crippen molar-refractivity contribution in [3.8, 4) is 11.5 Å². The first-order chi connectivity index (χ1) is 9.05. The van der Waals surface area contributed by atoms with Gasteiger partial charge in [0.2, 0.25) is 0 Å². The lowest BCUT2D eigenvalue weighted by Crippen LogP contribution is -2.11. The second kappa shape index (κ2) is 5.14. The fraction of sp³-hybridized carbons (Fsp3) is 0.286. The van der Waals surface area contributed by atoms with Crippen molar-refractivity contribution in [1.29, 1.82) is 0 Å². The van der Waals surface area contributed by atoms with E-state index in [9.17, 15) is 9.59 Å². The molecule has 5 heteroatoms. The molecule has 0 radical (unpaired) electrons. The van der Waals surface area contributed by atoms with Gasteiger partial charge in [-0.1, -0.05) is 0 Å². The van der Waals surface area contributed by atoms with Crippen LogP contribution >= 0.6 is 0 Å². The summed E-state index contributed by atoms with van der Waals surface area (Å²) in [6.45, 7) is 1.43. The van der Waals surface area contributed by atoms with Crippen molar-refractivity contribution in [1.82, 2.24) is 0 Å². The standard InChI is InChI=1S/C14H14O5/c1-8(15)4-10-5-9-6-11(17-2)7-12(18-3)13(9)19-14(10)16/h5-7H,4H2,1-3H3. The number of ketones is 1. The summed E-state index contributed by atoms with van der Waals surface area (Å²) >= 11 is 0. The quantitative estimate of drug-likeness (QED) is 0.788. The summed E-state index contributed by atoms with van der Waals surface area (Å²) < 4.78 is 15.5. The minimum atomic E-state index is -0.522. The van der Waals surface area contributed by atoms with Crippen LogP contribution in [0.5, 0.6) is 11.5 Å². The molecule has 0 aliphatic carbocycles. The van der Waals surface area contributed by atoms with Crippen LogP contribution in [-0.2, 0) is 11.2 Å². The zero-order valence-corrected chi connectivity index (χ0v) is 11.0. The molecular weight excluding hydrogens is 248 g/mol. The van der Waals surface area contributed by atoms with Crippen LogP contribution in [0.25, 0.3) is 11.0 Å². The van der Waals surface area contributed by atoms with Gasteiger partial charge in [0.05, 0.1) is 14.2 Å². The molecule has 0 fully saturated rings. The largest absolute Gasteiger partial charge is 0.497 e. The van der Waals surface area contributed by atoms with Crippen LogP contribution in [0.4, 0.5) is 0 Å². The average Bonchev–Trinajstić information content (AvgIpc) is 2.38. The predicted molar refractivity (Wildman–Crippen MR) is 70.0 cm³/mol. The van der Waals surface area contributed by atoms with Gasteiger partial charge < -0.3 is 13.9 Å². The number of benzene rings is 1. The van der Waals surface area contributed by atoms with Gasteiger partial charge in [-0.25, -0.2) is 4.79 Å². The minimum Gasteiger partial charge on any atom is -0.497 e. The lowest BCUT2D eigenvalue weighted by Gasteiger charge is -2.08. The highest BCUT2D eigenvalue weighted by atomic mass is 16.5. The van der Waals surface area contributed by atoms with Crippen molar-refractivity contribution in [2.75, 3.05) is 14.2 Å². The number of carbonyl (C=O) groups is 1. The van der Waals surface area contributed by atoms with E-state index in [0.717, 1.165) is 0 Å². The lowest BCUT2D eigenvalue weighted by atomic mass is 10.1. The van der Waals surface area contributed by atoms with Gasteiger partial charge in [-0.05, 0) is 19.1 Å². The van der Waals surface area contributed by atoms with E-state index >= 15 is 0 Å². The van der Waals surface area contributed by atoms with Crippen LogP contribution < -0.4 is 15.1 Å².